The van der Waals surface area contributed by atoms with E-state index in [9.17, 15) is 5.11 Å². The molecule has 2 nitrogen and oxygen atoms in total. The largest absolute Gasteiger partial charge is 0.488 e. The fourth-order valence-corrected chi connectivity index (χ4v) is 3.29. The maximum absolute atomic E-state index is 9.70. The van der Waals surface area contributed by atoms with Crippen LogP contribution in [0.3, 0.4) is 0 Å². The van der Waals surface area contributed by atoms with Gasteiger partial charge in [-0.2, -0.15) is 0 Å². The van der Waals surface area contributed by atoms with Crippen molar-refractivity contribution in [3.05, 3.63) is 49.0 Å². The molecule has 96 valence electrons. The lowest BCUT2D eigenvalue weighted by molar-refractivity contribution is 0.190. The van der Waals surface area contributed by atoms with Crippen molar-refractivity contribution in [3.63, 3.8) is 0 Å². The van der Waals surface area contributed by atoms with Crippen LogP contribution in [-0.2, 0) is 6.61 Å². The summed E-state index contributed by atoms with van der Waals surface area (Å²) in [5, 5.41) is 9.70. The number of halogens is 2. The van der Waals surface area contributed by atoms with E-state index in [2.05, 4.69) is 31.9 Å². The molecule has 1 aromatic heterocycles. The van der Waals surface area contributed by atoms with Gasteiger partial charge in [-0.05, 0) is 47.1 Å². The predicted octanol–water partition coefficient (Wildman–Crippen LogP) is 4.91. The molecule has 2 rings (SSSR count). The Morgan fingerprint density at radius 3 is 2.67 bits per heavy atom. The molecule has 0 aliphatic carbocycles. The SMILES string of the molecule is C[C@H](O)c1ccc(Br)cc1OCc1ccc(Br)s1. The summed E-state index contributed by atoms with van der Waals surface area (Å²) in [4.78, 5) is 1.14. The van der Waals surface area contributed by atoms with Gasteiger partial charge in [-0.25, -0.2) is 0 Å². The van der Waals surface area contributed by atoms with E-state index in [-0.39, 0.29) is 0 Å². The summed E-state index contributed by atoms with van der Waals surface area (Å²) in [6.07, 6.45) is -0.539. The molecule has 0 aliphatic rings. The topological polar surface area (TPSA) is 29.5 Å². The Morgan fingerprint density at radius 2 is 2.06 bits per heavy atom. The Bertz CT molecular complexity index is 538. The second-order valence-electron chi connectivity index (χ2n) is 3.85. The summed E-state index contributed by atoms with van der Waals surface area (Å²) in [5.41, 5.74) is 0.800. The minimum absolute atomic E-state index is 0.506. The van der Waals surface area contributed by atoms with Crippen LogP contribution in [0.15, 0.2) is 38.6 Å². The Morgan fingerprint density at radius 1 is 1.28 bits per heavy atom. The van der Waals surface area contributed by atoms with Crippen LogP contribution in [0.4, 0.5) is 0 Å². The highest BCUT2D eigenvalue weighted by atomic mass is 79.9. The summed E-state index contributed by atoms with van der Waals surface area (Å²) in [6, 6.07) is 9.67. The summed E-state index contributed by atoms with van der Waals surface area (Å²) < 4.78 is 7.81. The third-order valence-corrected chi connectivity index (χ3v) is 4.51. The number of benzene rings is 1. The molecule has 5 heteroatoms. The van der Waals surface area contributed by atoms with Gasteiger partial charge in [0.2, 0.25) is 0 Å². The molecule has 0 unspecified atom stereocenters. The van der Waals surface area contributed by atoms with E-state index in [4.69, 9.17) is 4.74 Å². The summed E-state index contributed by atoms with van der Waals surface area (Å²) >= 11 is 8.48. The molecule has 0 radical (unpaired) electrons. The lowest BCUT2D eigenvalue weighted by atomic mass is 10.1. The average molecular weight is 392 g/mol. The molecular formula is C13H12Br2O2S. The summed E-state index contributed by atoms with van der Waals surface area (Å²) in [7, 11) is 0. The van der Waals surface area contributed by atoms with Crippen molar-refractivity contribution >= 4 is 43.2 Å². The van der Waals surface area contributed by atoms with Crippen molar-refractivity contribution in [2.24, 2.45) is 0 Å². The van der Waals surface area contributed by atoms with E-state index in [0.717, 1.165) is 18.7 Å². The van der Waals surface area contributed by atoms with Crippen molar-refractivity contribution in [1.82, 2.24) is 0 Å². The van der Waals surface area contributed by atoms with Crippen LogP contribution in [0.1, 0.15) is 23.5 Å². The summed E-state index contributed by atoms with van der Waals surface area (Å²) in [5.74, 6) is 0.712. The molecule has 0 saturated heterocycles. The van der Waals surface area contributed by atoms with E-state index in [1.807, 2.05) is 30.3 Å². The molecule has 1 heterocycles. The molecule has 2 aromatic rings. The number of aliphatic hydroxyl groups excluding tert-OH is 1. The highest BCUT2D eigenvalue weighted by Gasteiger charge is 2.10. The van der Waals surface area contributed by atoms with E-state index in [1.54, 1.807) is 18.3 Å². The number of ether oxygens (including phenoxy) is 1. The minimum atomic E-state index is -0.539. The molecule has 1 atom stereocenters. The van der Waals surface area contributed by atoms with Gasteiger partial charge in [0, 0.05) is 14.9 Å². The van der Waals surface area contributed by atoms with Gasteiger partial charge in [0.15, 0.2) is 0 Å². The highest BCUT2D eigenvalue weighted by Crippen LogP contribution is 2.30. The standard InChI is InChI=1S/C13H12Br2O2S/c1-8(16)11-4-2-9(14)6-12(11)17-7-10-3-5-13(15)18-10/h2-6,8,16H,7H2,1H3/t8-/m0/s1. The van der Waals surface area contributed by atoms with Gasteiger partial charge >= 0.3 is 0 Å². The zero-order valence-corrected chi connectivity index (χ0v) is 13.7. The van der Waals surface area contributed by atoms with E-state index >= 15 is 0 Å². The molecule has 0 bridgehead atoms. The number of hydrogen-bond donors (Lipinski definition) is 1. The Kier molecular flexibility index (Phi) is 4.84. The third-order valence-electron chi connectivity index (χ3n) is 2.42. The number of thiophene rings is 1. The normalized spacial score (nSPS) is 12.4. The third kappa shape index (κ3) is 3.57. The van der Waals surface area contributed by atoms with Gasteiger partial charge in [-0.15, -0.1) is 11.3 Å². The molecule has 1 N–H and O–H groups in total. The molecule has 18 heavy (non-hydrogen) atoms. The minimum Gasteiger partial charge on any atom is -0.488 e. The Hall–Kier alpha value is -0.360. The smallest absolute Gasteiger partial charge is 0.126 e. The Balaban J connectivity index is 2.15. The number of rotatable bonds is 4. The van der Waals surface area contributed by atoms with Crippen LogP contribution >= 0.6 is 43.2 Å². The molecule has 0 aliphatic heterocycles. The zero-order valence-electron chi connectivity index (χ0n) is 9.69. The summed E-state index contributed by atoms with van der Waals surface area (Å²) in [6.45, 7) is 2.24. The first-order valence-electron chi connectivity index (χ1n) is 5.41. The van der Waals surface area contributed by atoms with Crippen LogP contribution in [-0.4, -0.2) is 5.11 Å². The number of hydrogen-bond acceptors (Lipinski definition) is 3. The number of aliphatic hydroxyl groups is 1. The maximum Gasteiger partial charge on any atom is 0.126 e. The van der Waals surface area contributed by atoms with Gasteiger partial charge in [-0.1, -0.05) is 22.0 Å². The van der Waals surface area contributed by atoms with Crippen LogP contribution in [0.2, 0.25) is 0 Å². The first-order valence-corrected chi connectivity index (χ1v) is 7.81. The lowest BCUT2D eigenvalue weighted by Crippen LogP contribution is -2.00. The molecule has 0 saturated carbocycles. The predicted molar refractivity (Wildman–Crippen MR) is 81.1 cm³/mol. The quantitative estimate of drug-likeness (QED) is 0.802. The molecule has 0 spiro atoms. The van der Waals surface area contributed by atoms with Crippen LogP contribution in [0.25, 0.3) is 0 Å². The second kappa shape index (κ2) is 6.19. The molecule has 1 aromatic carbocycles. The Labute approximate surface area is 127 Å². The van der Waals surface area contributed by atoms with Crippen molar-refractivity contribution in [3.8, 4) is 5.75 Å². The average Bonchev–Trinajstić information content (AvgIpc) is 2.72. The fourth-order valence-electron chi connectivity index (χ4n) is 1.56. The molecule has 0 amide bonds. The monoisotopic (exact) mass is 390 g/mol. The van der Waals surface area contributed by atoms with Crippen LogP contribution in [0, 0.1) is 0 Å². The second-order valence-corrected chi connectivity index (χ2v) is 7.32. The first kappa shape index (κ1) is 14.1. The van der Waals surface area contributed by atoms with E-state index in [1.165, 1.54) is 0 Å². The highest BCUT2D eigenvalue weighted by molar-refractivity contribution is 9.11. The van der Waals surface area contributed by atoms with Gasteiger partial charge in [0.1, 0.15) is 12.4 Å². The van der Waals surface area contributed by atoms with E-state index < -0.39 is 6.10 Å². The van der Waals surface area contributed by atoms with Gasteiger partial charge < -0.3 is 9.84 Å². The van der Waals surface area contributed by atoms with E-state index in [0.29, 0.717) is 12.4 Å². The van der Waals surface area contributed by atoms with Crippen molar-refractivity contribution < 1.29 is 9.84 Å². The van der Waals surface area contributed by atoms with Crippen molar-refractivity contribution in [2.45, 2.75) is 19.6 Å². The maximum atomic E-state index is 9.70. The first-order chi connectivity index (χ1) is 8.56. The van der Waals surface area contributed by atoms with Crippen LogP contribution < -0.4 is 4.74 Å². The zero-order chi connectivity index (χ0) is 13.1. The fraction of sp³-hybridized carbons (Fsp3) is 0.231. The van der Waals surface area contributed by atoms with Crippen LogP contribution in [0.5, 0.6) is 5.75 Å². The molecular weight excluding hydrogens is 380 g/mol. The van der Waals surface area contributed by atoms with Gasteiger partial charge in [0.25, 0.3) is 0 Å². The van der Waals surface area contributed by atoms with Crippen molar-refractivity contribution in [1.29, 1.82) is 0 Å². The van der Waals surface area contributed by atoms with Gasteiger partial charge in [-0.3, -0.25) is 0 Å². The van der Waals surface area contributed by atoms with Crippen molar-refractivity contribution in [2.75, 3.05) is 0 Å². The molecule has 0 fully saturated rings. The lowest BCUT2D eigenvalue weighted by Gasteiger charge is -2.13. The van der Waals surface area contributed by atoms with Gasteiger partial charge in [0.05, 0.1) is 9.89 Å².